The number of thiophene rings is 1. The summed E-state index contributed by atoms with van der Waals surface area (Å²) >= 11 is 1.44. The fourth-order valence-electron chi connectivity index (χ4n) is 3.18. The van der Waals surface area contributed by atoms with Gasteiger partial charge >= 0.3 is 6.03 Å². The fourth-order valence-corrected chi connectivity index (χ4v) is 5.23. The van der Waals surface area contributed by atoms with E-state index in [1.165, 1.54) is 15.6 Å². The molecule has 1 aliphatic heterocycles. The molecule has 0 atom stereocenters. The van der Waals surface area contributed by atoms with Gasteiger partial charge in [0.15, 0.2) is 0 Å². The van der Waals surface area contributed by atoms with Gasteiger partial charge in [-0.25, -0.2) is 13.2 Å². The quantitative estimate of drug-likeness (QED) is 0.675. The number of amides is 2. The molecule has 2 aromatic carbocycles. The van der Waals surface area contributed by atoms with Gasteiger partial charge in [0.05, 0.1) is 9.90 Å². The number of urea groups is 1. The number of benzene rings is 2. The van der Waals surface area contributed by atoms with Crippen LogP contribution in [-0.4, -0.2) is 25.3 Å². The van der Waals surface area contributed by atoms with Gasteiger partial charge in [-0.3, -0.25) is 5.32 Å². The maximum absolute atomic E-state index is 12.9. The van der Waals surface area contributed by atoms with Crippen LogP contribution in [0.15, 0.2) is 70.9 Å². The zero-order chi connectivity index (χ0) is 19.6. The van der Waals surface area contributed by atoms with E-state index in [4.69, 9.17) is 0 Å². The van der Waals surface area contributed by atoms with Crippen molar-refractivity contribution in [1.82, 2.24) is 4.31 Å². The highest BCUT2D eigenvalue weighted by Gasteiger charge is 2.28. The van der Waals surface area contributed by atoms with Crippen LogP contribution in [0.1, 0.15) is 11.1 Å². The third-order valence-electron chi connectivity index (χ3n) is 4.58. The van der Waals surface area contributed by atoms with E-state index in [9.17, 15) is 13.2 Å². The van der Waals surface area contributed by atoms with Gasteiger partial charge in [0.2, 0.25) is 10.0 Å². The van der Waals surface area contributed by atoms with Crippen LogP contribution in [0.25, 0.3) is 0 Å². The Bertz CT molecular complexity index is 1080. The van der Waals surface area contributed by atoms with E-state index in [0.29, 0.717) is 23.5 Å². The first-order chi connectivity index (χ1) is 13.5. The number of sulfonamides is 1. The van der Waals surface area contributed by atoms with E-state index in [0.717, 1.165) is 16.1 Å². The summed E-state index contributed by atoms with van der Waals surface area (Å²) in [5.74, 6) is 0. The summed E-state index contributed by atoms with van der Waals surface area (Å²) in [4.78, 5) is 12.4. The van der Waals surface area contributed by atoms with Crippen LogP contribution in [-0.2, 0) is 23.0 Å². The predicted octanol–water partition coefficient (Wildman–Crippen LogP) is 4.14. The summed E-state index contributed by atoms with van der Waals surface area (Å²) < 4.78 is 27.3. The van der Waals surface area contributed by atoms with Crippen molar-refractivity contribution < 1.29 is 13.2 Å². The number of hydrogen-bond acceptors (Lipinski definition) is 4. The van der Waals surface area contributed by atoms with Crippen molar-refractivity contribution in [3.05, 3.63) is 77.2 Å². The third-order valence-corrected chi connectivity index (χ3v) is 7.22. The van der Waals surface area contributed by atoms with Crippen LogP contribution < -0.4 is 10.6 Å². The number of nitrogens with one attached hydrogen (secondary N) is 2. The zero-order valence-electron chi connectivity index (χ0n) is 15.0. The lowest BCUT2D eigenvalue weighted by Gasteiger charge is -2.28. The molecule has 8 heteroatoms. The molecule has 2 N–H and O–H groups in total. The predicted molar refractivity (Wildman–Crippen MR) is 111 cm³/mol. The van der Waals surface area contributed by atoms with Gasteiger partial charge < -0.3 is 5.32 Å². The summed E-state index contributed by atoms with van der Waals surface area (Å²) in [6, 6.07) is 17.4. The van der Waals surface area contributed by atoms with E-state index >= 15 is 0 Å². The normalized spacial score (nSPS) is 14.3. The molecule has 0 bridgehead atoms. The van der Waals surface area contributed by atoms with Crippen LogP contribution in [0.4, 0.5) is 15.5 Å². The first kappa shape index (κ1) is 18.7. The van der Waals surface area contributed by atoms with E-state index in [-0.39, 0.29) is 12.6 Å². The van der Waals surface area contributed by atoms with E-state index in [2.05, 4.69) is 10.6 Å². The molecular formula is C20H19N3O3S2. The van der Waals surface area contributed by atoms with Crippen LogP contribution in [0.3, 0.4) is 0 Å². The van der Waals surface area contributed by atoms with Gasteiger partial charge in [-0.1, -0.05) is 24.3 Å². The topological polar surface area (TPSA) is 78.5 Å². The number of carbonyl (C=O) groups excluding carboxylic acids is 1. The molecule has 0 unspecified atom stereocenters. The number of hydrogen-bond donors (Lipinski definition) is 2. The average Bonchev–Trinajstić information content (AvgIpc) is 3.21. The maximum atomic E-state index is 12.9. The monoisotopic (exact) mass is 413 g/mol. The minimum atomic E-state index is -3.54. The van der Waals surface area contributed by atoms with Crippen molar-refractivity contribution in [2.75, 3.05) is 17.2 Å². The van der Waals surface area contributed by atoms with Crippen molar-refractivity contribution >= 4 is 38.1 Å². The molecule has 2 amide bonds. The number of rotatable bonds is 4. The van der Waals surface area contributed by atoms with Crippen molar-refractivity contribution in [3.63, 3.8) is 0 Å². The lowest BCUT2D eigenvalue weighted by Crippen LogP contribution is -2.36. The van der Waals surface area contributed by atoms with Gasteiger partial charge in [-0.15, -0.1) is 11.3 Å². The zero-order valence-corrected chi connectivity index (χ0v) is 16.6. The van der Waals surface area contributed by atoms with Crippen LogP contribution >= 0.6 is 11.3 Å². The second kappa shape index (κ2) is 7.75. The van der Waals surface area contributed by atoms with Crippen molar-refractivity contribution in [3.8, 4) is 0 Å². The standard InChI is InChI=1S/C20H19N3O3S2/c24-20(22-19-7-4-12-27-19)21-17-9-8-15-10-11-23(14-16(15)13-17)28(25,26)18-5-2-1-3-6-18/h1-9,12-13H,10-11,14H2,(H2,21,22,24). The lowest BCUT2D eigenvalue weighted by atomic mass is 10.0. The highest BCUT2D eigenvalue weighted by atomic mass is 32.2. The summed E-state index contributed by atoms with van der Waals surface area (Å²) in [5.41, 5.74) is 2.63. The van der Waals surface area contributed by atoms with Gasteiger partial charge in [0.1, 0.15) is 0 Å². The molecule has 0 fully saturated rings. The maximum Gasteiger partial charge on any atom is 0.324 e. The van der Waals surface area contributed by atoms with Crippen LogP contribution in [0, 0.1) is 0 Å². The smallest absolute Gasteiger partial charge is 0.308 e. The largest absolute Gasteiger partial charge is 0.324 e. The first-order valence-corrected chi connectivity index (χ1v) is 11.1. The summed E-state index contributed by atoms with van der Waals surface area (Å²) in [5, 5.41) is 8.22. The van der Waals surface area contributed by atoms with Crippen LogP contribution in [0.5, 0.6) is 0 Å². The number of fused-ring (bicyclic) bond motifs is 1. The highest BCUT2D eigenvalue weighted by molar-refractivity contribution is 7.89. The minimum absolute atomic E-state index is 0.286. The van der Waals surface area contributed by atoms with Gasteiger partial charge in [-0.2, -0.15) is 4.31 Å². The number of carbonyl (C=O) groups is 1. The van der Waals surface area contributed by atoms with Crippen molar-refractivity contribution in [2.24, 2.45) is 0 Å². The SMILES string of the molecule is O=C(Nc1ccc2c(c1)CN(S(=O)(=O)c1ccccc1)CC2)Nc1cccs1. The van der Waals surface area contributed by atoms with E-state index < -0.39 is 10.0 Å². The minimum Gasteiger partial charge on any atom is -0.308 e. The Balaban J connectivity index is 1.50. The Morgan fingerprint density at radius 1 is 0.964 bits per heavy atom. The third kappa shape index (κ3) is 3.94. The Kier molecular flexibility index (Phi) is 5.17. The molecule has 1 aliphatic rings. The Morgan fingerprint density at radius 2 is 1.79 bits per heavy atom. The van der Waals surface area contributed by atoms with Crippen LogP contribution in [0.2, 0.25) is 0 Å². The summed E-state index contributed by atoms with van der Waals surface area (Å²) in [6.45, 7) is 0.727. The Hall–Kier alpha value is -2.68. The lowest BCUT2D eigenvalue weighted by molar-refractivity contribution is 0.262. The molecule has 0 saturated carbocycles. The van der Waals surface area contributed by atoms with E-state index in [1.54, 1.807) is 30.3 Å². The van der Waals surface area contributed by atoms with E-state index in [1.807, 2.05) is 35.7 Å². The molecule has 4 rings (SSSR count). The van der Waals surface area contributed by atoms with Gasteiger partial charge in [-0.05, 0) is 59.3 Å². The molecule has 1 aromatic heterocycles. The molecule has 3 aromatic rings. The molecule has 28 heavy (non-hydrogen) atoms. The van der Waals surface area contributed by atoms with Crippen molar-refractivity contribution in [2.45, 2.75) is 17.9 Å². The summed E-state index contributed by atoms with van der Waals surface area (Å²) in [7, 11) is -3.54. The van der Waals surface area contributed by atoms with Gasteiger partial charge in [0, 0.05) is 18.8 Å². The second-order valence-corrected chi connectivity index (χ2v) is 9.33. The molecule has 6 nitrogen and oxygen atoms in total. The Morgan fingerprint density at radius 3 is 2.54 bits per heavy atom. The summed E-state index contributed by atoms with van der Waals surface area (Å²) in [6.07, 6.45) is 0.642. The molecule has 2 heterocycles. The Labute approximate surface area is 167 Å². The first-order valence-electron chi connectivity index (χ1n) is 8.81. The second-order valence-electron chi connectivity index (χ2n) is 6.44. The average molecular weight is 414 g/mol. The molecular weight excluding hydrogens is 394 g/mol. The molecule has 0 aliphatic carbocycles. The fraction of sp³-hybridized carbons (Fsp3) is 0.150. The molecule has 0 spiro atoms. The highest BCUT2D eigenvalue weighted by Crippen LogP contribution is 2.27. The number of nitrogens with zero attached hydrogens (tertiary/aromatic N) is 1. The molecule has 0 saturated heterocycles. The number of anilines is 2. The molecule has 144 valence electrons. The van der Waals surface area contributed by atoms with Crippen molar-refractivity contribution in [1.29, 1.82) is 0 Å². The molecule has 0 radical (unpaired) electrons. The van der Waals surface area contributed by atoms with Gasteiger partial charge in [0.25, 0.3) is 0 Å².